The van der Waals surface area contributed by atoms with Crippen LogP contribution in [0, 0.1) is 6.92 Å². The molecule has 2 N–H and O–H groups in total. The predicted molar refractivity (Wildman–Crippen MR) is 64.0 cm³/mol. The molecular weight excluding hydrogens is 184 g/mol. The molecule has 2 nitrogen and oxygen atoms in total. The number of hydrogen-bond donors (Lipinski definition) is 2. The van der Waals surface area contributed by atoms with Crippen molar-refractivity contribution >= 4 is 0 Å². The Balaban J connectivity index is 1.94. The zero-order chi connectivity index (χ0) is 10.7. The van der Waals surface area contributed by atoms with Crippen LogP contribution < -0.4 is 10.6 Å². The lowest BCUT2D eigenvalue weighted by Gasteiger charge is -2.19. The van der Waals surface area contributed by atoms with Gasteiger partial charge in [0.15, 0.2) is 0 Å². The molecule has 1 aromatic carbocycles. The molecule has 15 heavy (non-hydrogen) atoms. The molecule has 0 spiro atoms. The van der Waals surface area contributed by atoms with Crippen molar-refractivity contribution in [1.29, 1.82) is 0 Å². The smallest absolute Gasteiger partial charge is 0.0294 e. The number of aryl methyl sites for hydroxylation is 1. The van der Waals surface area contributed by atoms with Crippen LogP contribution in [-0.2, 0) is 0 Å². The lowest BCUT2D eigenvalue weighted by Crippen LogP contribution is -2.33. The number of nitrogens with one attached hydrogen (secondary N) is 2. The van der Waals surface area contributed by atoms with E-state index in [1.54, 1.807) is 0 Å². The van der Waals surface area contributed by atoms with E-state index in [1.165, 1.54) is 17.5 Å². The largest absolute Gasteiger partial charge is 0.315 e. The van der Waals surface area contributed by atoms with Gasteiger partial charge in [-0.1, -0.05) is 29.8 Å². The minimum absolute atomic E-state index is 0.454. The van der Waals surface area contributed by atoms with Crippen LogP contribution in [0.1, 0.15) is 30.5 Å². The molecule has 0 aromatic heterocycles. The highest BCUT2D eigenvalue weighted by Gasteiger charge is 2.16. The van der Waals surface area contributed by atoms with Gasteiger partial charge in [-0.05, 0) is 32.4 Å². The monoisotopic (exact) mass is 204 g/mol. The minimum Gasteiger partial charge on any atom is -0.315 e. The SMILES string of the molecule is Cc1ccc([C@@H](C)NC2CCNC2)cc1. The summed E-state index contributed by atoms with van der Waals surface area (Å²) in [5.74, 6) is 0. The van der Waals surface area contributed by atoms with Crippen LogP contribution in [0.15, 0.2) is 24.3 Å². The fourth-order valence-corrected chi connectivity index (χ4v) is 2.10. The minimum atomic E-state index is 0.454. The van der Waals surface area contributed by atoms with Gasteiger partial charge in [0.1, 0.15) is 0 Å². The van der Waals surface area contributed by atoms with E-state index in [0.29, 0.717) is 12.1 Å². The third kappa shape index (κ3) is 2.80. The second-order valence-electron chi connectivity index (χ2n) is 4.49. The van der Waals surface area contributed by atoms with Gasteiger partial charge in [-0.15, -0.1) is 0 Å². The quantitative estimate of drug-likeness (QED) is 0.787. The Morgan fingerprint density at radius 1 is 1.33 bits per heavy atom. The first-order valence-corrected chi connectivity index (χ1v) is 5.79. The van der Waals surface area contributed by atoms with E-state index < -0.39 is 0 Å². The summed E-state index contributed by atoms with van der Waals surface area (Å²) in [6.07, 6.45) is 1.25. The molecule has 1 aliphatic heterocycles. The first-order valence-electron chi connectivity index (χ1n) is 5.79. The summed E-state index contributed by atoms with van der Waals surface area (Å²) in [7, 11) is 0. The molecule has 2 atom stereocenters. The van der Waals surface area contributed by atoms with Crippen LogP contribution in [0.3, 0.4) is 0 Å². The predicted octanol–water partition coefficient (Wildman–Crippen LogP) is 2.01. The summed E-state index contributed by atoms with van der Waals surface area (Å²) in [6, 6.07) is 9.89. The summed E-state index contributed by atoms with van der Waals surface area (Å²) >= 11 is 0. The molecule has 0 radical (unpaired) electrons. The van der Waals surface area contributed by atoms with Gasteiger partial charge in [-0.25, -0.2) is 0 Å². The zero-order valence-corrected chi connectivity index (χ0v) is 9.59. The lowest BCUT2D eigenvalue weighted by atomic mass is 10.1. The molecule has 82 valence electrons. The summed E-state index contributed by atoms with van der Waals surface area (Å²) in [4.78, 5) is 0. The summed E-state index contributed by atoms with van der Waals surface area (Å²) in [5, 5.41) is 7.03. The topological polar surface area (TPSA) is 24.1 Å². The van der Waals surface area contributed by atoms with Crippen LogP contribution >= 0.6 is 0 Å². The molecular formula is C13H20N2. The van der Waals surface area contributed by atoms with Gasteiger partial charge in [0.05, 0.1) is 0 Å². The number of benzene rings is 1. The highest BCUT2D eigenvalue weighted by Crippen LogP contribution is 2.14. The van der Waals surface area contributed by atoms with Gasteiger partial charge < -0.3 is 10.6 Å². The van der Waals surface area contributed by atoms with Gasteiger partial charge in [0.25, 0.3) is 0 Å². The standard InChI is InChI=1S/C13H20N2/c1-10-3-5-12(6-4-10)11(2)15-13-7-8-14-9-13/h3-6,11,13-15H,7-9H2,1-2H3/t11-,13?/m1/s1. The molecule has 1 heterocycles. The lowest BCUT2D eigenvalue weighted by molar-refractivity contribution is 0.478. The van der Waals surface area contributed by atoms with Gasteiger partial charge in [-0.2, -0.15) is 0 Å². The van der Waals surface area contributed by atoms with E-state index in [-0.39, 0.29) is 0 Å². The second kappa shape index (κ2) is 4.77. The Kier molecular flexibility index (Phi) is 3.39. The van der Waals surface area contributed by atoms with E-state index in [2.05, 4.69) is 48.7 Å². The highest BCUT2D eigenvalue weighted by molar-refractivity contribution is 5.23. The van der Waals surface area contributed by atoms with Gasteiger partial charge in [-0.3, -0.25) is 0 Å². The maximum Gasteiger partial charge on any atom is 0.0294 e. The first kappa shape index (κ1) is 10.7. The van der Waals surface area contributed by atoms with Crippen molar-refractivity contribution in [2.24, 2.45) is 0 Å². The molecule has 1 fully saturated rings. The Labute approximate surface area is 92.1 Å². The summed E-state index contributed by atoms with van der Waals surface area (Å²) in [5.41, 5.74) is 2.71. The van der Waals surface area contributed by atoms with Gasteiger partial charge in [0, 0.05) is 18.6 Å². The van der Waals surface area contributed by atoms with Crippen LogP contribution in [0.4, 0.5) is 0 Å². The van der Waals surface area contributed by atoms with Crippen LogP contribution in [0.5, 0.6) is 0 Å². The van der Waals surface area contributed by atoms with Gasteiger partial charge >= 0.3 is 0 Å². The van der Waals surface area contributed by atoms with Gasteiger partial charge in [0.2, 0.25) is 0 Å². The fourth-order valence-electron chi connectivity index (χ4n) is 2.10. The van der Waals surface area contributed by atoms with E-state index in [9.17, 15) is 0 Å². The average Bonchev–Trinajstić information content (AvgIpc) is 2.71. The average molecular weight is 204 g/mol. The molecule has 0 aliphatic carbocycles. The zero-order valence-electron chi connectivity index (χ0n) is 9.59. The molecule has 2 rings (SSSR count). The normalized spacial score (nSPS) is 22.9. The molecule has 0 amide bonds. The molecule has 1 aliphatic rings. The molecule has 1 aromatic rings. The summed E-state index contributed by atoms with van der Waals surface area (Å²) in [6.45, 7) is 6.63. The van der Waals surface area contributed by atoms with Crippen molar-refractivity contribution in [1.82, 2.24) is 10.6 Å². The van der Waals surface area contributed by atoms with Crippen LogP contribution in [-0.4, -0.2) is 19.1 Å². The third-order valence-corrected chi connectivity index (χ3v) is 3.12. The van der Waals surface area contributed by atoms with Crippen molar-refractivity contribution in [2.45, 2.75) is 32.4 Å². The fraction of sp³-hybridized carbons (Fsp3) is 0.538. The Hall–Kier alpha value is -0.860. The summed E-state index contributed by atoms with van der Waals surface area (Å²) < 4.78 is 0. The molecule has 1 saturated heterocycles. The van der Waals surface area contributed by atoms with E-state index in [0.717, 1.165) is 13.1 Å². The third-order valence-electron chi connectivity index (χ3n) is 3.12. The highest BCUT2D eigenvalue weighted by atomic mass is 15.0. The Morgan fingerprint density at radius 2 is 2.07 bits per heavy atom. The Morgan fingerprint density at radius 3 is 2.67 bits per heavy atom. The maximum absolute atomic E-state index is 3.65. The molecule has 1 unspecified atom stereocenters. The molecule has 0 bridgehead atoms. The van der Waals surface area contributed by atoms with E-state index in [4.69, 9.17) is 0 Å². The van der Waals surface area contributed by atoms with Crippen LogP contribution in [0.25, 0.3) is 0 Å². The number of hydrogen-bond acceptors (Lipinski definition) is 2. The van der Waals surface area contributed by atoms with Crippen molar-refractivity contribution in [3.63, 3.8) is 0 Å². The second-order valence-corrected chi connectivity index (χ2v) is 4.49. The van der Waals surface area contributed by atoms with Crippen molar-refractivity contribution in [3.05, 3.63) is 35.4 Å². The molecule has 0 saturated carbocycles. The first-order chi connectivity index (χ1) is 7.25. The molecule has 2 heteroatoms. The van der Waals surface area contributed by atoms with Crippen molar-refractivity contribution in [2.75, 3.05) is 13.1 Å². The maximum atomic E-state index is 3.65. The Bertz CT molecular complexity index is 299. The van der Waals surface area contributed by atoms with Crippen molar-refractivity contribution in [3.8, 4) is 0 Å². The van der Waals surface area contributed by atoms with Crippen molar-refractivity contribution < 1.29 is 0 Å². The van der Waals surface area contributed by atoms with E-state index in [1.807, 2.05) is 0 Å². The number of rotatable bonds is 3. The van der Waals surface area contributed by atoms with Crippen LogP contribution in [0.2, 0.25) is 0 Å². The van der Waals surface area contributed by atoms with E-state index >= 15 is 0 Å².